The zero-order valence-electron chi connectivity index (χ0n) is 6.24. The van der Waals surface area contributed by atoms with E-state index in [1.54, 1.807) is 18.5 Å². The van der Waals surface area contributed by atoms with Crippen LogP contribution in [-0.4, -0.2) is 15.2 Å². The van der Waals surface area contributed by atoms with E-state index in [1.165, 1.54) is 6.07 Å². The van der Waals surface area contributed by atoms with Crippen LogP contribution in [0.15, 0.2) is 35.4 Å². The van der Waals surface area contributed by atoms with E-state index < -0.39 is 0 Å². The van der Waals surface area contributed by atoms with Crippen LogP contribution >= 0.6 is 0 Å². The number of aromatic nitrogens is 3. The SMILES string of the molecule is O=c1ccc(-c2cc[nH]n2)c[nH]1. The molecule has 12 heavy (non-hydrogen) atoms. The van der Waals surface area contributed by atoms with Gasteiger partial charge in [0.25, 0.3) is 0 Å². The first-order chi connectivity index (χ1) is 5.86. The summed E-state index contributed by atoms with van der Waals surface area (Å²) in [5.41, 5.74) is 1.62. The van der Waals surface area contributed by atoms with Gasteiger partial charge in [-0.3, -0.25) is 9.89 Å². The highest BCUT2D eigenvalue weighted by molar-refractivity contribution is 5.56. The van der Waals surface area contributed by atoms with Gasteiger partial charge >= 0.3 is 0 Å². The lowest BCUT2D eigenvalue weighted by molar-refractivity contribution is 1.09. The highest BCUT2D eigenvalue weighted by atomic mass is 16.1. The first-order valence-electron chi connectivity index (χ1n) is 3.55. The zero-order chi connectivity index (χ0) is 8.39. The minimum atomic E-state index is -0.103. The predicted octanol–water partition coefficient (Wildman–Crippen LogP) is 0.765. The summed E-state index contributed by atoms with van der Waals surface area (Å²) in [6.45, 7) is 0. The Morgan fingerprint density at radius 3 is 2.75 bits per heavy atom. The van der Waals surface area contributed by atoms with E-state index in [9.17, 15) is 4.79 Å². The van der Waals surface area contributed by atoms with Gasteiger partial charge in [-0.1, -0.05) is 0 Å². The van der Waals surface area contributed by atoms with E-state index in [0.29, 0.717) is 0 Å². The number of hydrogen-bond acceptors (Lipinski definition) is 2. The van der Waals surface area contributed by atoms with Crippen molar-refractivity contribution in [2.24, 2.45) is 0 Å². The molecule has 0 atom stereocenters. The molecule has 2 rings (SSSR count). The van der Waals surface area contributed by atoms with Gasteiger partial charge in [-0.15, -0.1) is 0 Å². The van der Waals surface area contributed by atoms with Crippen molar-refractivity contribution in [1.82, 2.24) is 15.2 Å². The number of nitrogens with one attached hydrogen (secondary N) is 2. The second-order valence-electron chi connectivity index (χ2n) is 2.40. The van der Waals surface area contributed by atoms with Crippen molar-refractivity contribution < 1.29 is 0 Å². The summed E-state index contributed by atoms with van der Waals surface area (Å²) in [6.07, 6.45) is 3.37. The Morgan fingerprint density at radius 2 is 2.17 bits per heavy atom. The van der Waals surface area contributed by atoms with E-state index in [1.807, 2.05) is 6.07 Å². The summed E-state index contributed by atoms with van der Waals surface area (Å²) in [5, 5.41) is 6.67. The molecule has 0 bridgehead atoms. The van der Waals surface area contributed by atoms with Crippen molar-refractivity contribution in [1.29, 1.82) is 0 Å². The quantitative estimate of drug-likeness (QED) is 0.648. The highest BCUT2D eigenvalue weighted by Gasteiger charge is 1.97. The molecule has 2 aromatic rings. The Kier molecular flexibility index (Phi) is 1.51. The Bertz CT molecular complexity index is 396. The Morgan fingerprint density at radius 1 is 1.25 bits per heavy atom. The molecule has 2 aromatic heterocycles. The van der Waals surface area contributed by atoms with Gasteiger partial charge in [0, 0.05) is 24.0 Å². The molecule has 0 aliphatic heterocycles. The van der Waals surface area contributed by atoms with Crippen molar-refractivity contribution in [2.75, 3.05) is 0 Å². The fourth-order valence-electron chi connectivity index (χ4n) is 0.991. The van der Waals surface area contributed by atoms with Gasteiger partial charge < -0.3 is 4.98 Å². The van der Waals surface area contributed by atoms with Crippen LogP contribution in [0.4, 0.5) is 0 Å². The second-order valence-corrected chi connectivity index (χ2v) is 2.40. The van der Waals surface area contributed by atoms with Gasteiger partial charge in [-0.2, -0.15) is 5.10 Å². The number of pyridine rings is 1. The molecule has 0 aliphatic carbocycles. The van der Waals surface area contributed by atoms with Gasteiger partial charge in [-0.25, -0.2) is 0 Å². The van der Waals surface area contributed by atoms with E-state index in [2.05, 4.69) is 15.2 Å². The summed E-state index contributed by atoms with van der Waals surface area (Å²) >= 11 is 0. The fourth-order valence-corrected chi connectivity index (χ4v) is 0.991. The van der Waals surface area contributed by atoms with Crippen molar-refractivity contribution in [2.45, 2.75) is 0 Å². The molecular formula is C8H7N3O. The van der Waals surface area contributed by atoms with E-state index in [-0.39, 0.29) is 5.56 Å². The summed E-state index contributed by atoms with van der Waals surface area (Å²) in [5.74, 6) is 0. The molecule has 2 N–H and O–H groups in total. The summed E-state index contributed by atoms with van der Waals surface area (Å²) in [6, 6.07) is 5.05. The van der Waals surface area contributed by atoms with Crippen LogP contribution in [0.25, 0.3) is 11.3 Å². The standard InChI is InChI=1S/C8H7N3O/c12-8-2-1-6(5-9-8)7-3-4-10-11-7/h1-5H,(H,9,12)(H,10,11). The lowest BCUT2D eigenvalue weighted by Gasteiger charge is -1.92. The first-order valence-corrected chi connectivity index (χ1v) is 3.55. The van der Waals surface area contributed by atoms with Crippen molar-refractivity contribution in [3.05, 3.63) is 40.9 Å². The molecule has 0 fully saturated rings. The van der Waals surface area contributed by atoms with E-state index in [4.69, 9.17) is 0 Å². The van der Waals surface area contributed by atoms with Crippen LogP contribution in [0.2, 0.25) is 0 Å². The third-order valence-electron chi connectivity index (χ3n) is 1.58. The number of rotatable bonds is 1. The highest BCUT2D eigenvalue weighted by Crippen LogP contribution is 2.11. The van der Waals surface area contributed by atoms with Gasteiger partial charge in [0.1, 0.15) is 0 Å². The molecule has 0 spiro atoms. The number of aromatic amines is 2. The van der Waals surface area contributed by atoms with Crippen LogP contribution in [0, 0.1) is 0 Å². The smallest absolute Gasteiger partial charge is 0.247 e. The average Bonchev–Trinajstić information content (AvgIpc) is 2.58. The van der Waals surface area contributed by atoms with Crippen molar-refractivity contribution >= 4 is 0 Å². The Hall–Kier alpha value is -1.84. The lowest BCUT2D eigenvalue weighted by Crippen LogP contribution is -2.01. The molecular weight excluding hydrogens is 154 g/mol. The van der Waals surface area contributed by atoms with Gasteiger partial charge in [0.2, 0.25) is 5.56 Å². The van der Waals surface area contributed by atoms with Crippen LogP contribution < -0.4 is 5.56 Å². The molecule has 4 nitrogen and oxygen atoms in total. The summed E-state index contributed by atoms with van der Waals surface area (Å²) in [4.78, 5) is 13.3. The fraction of sp³-hybridized carbons (Fsp3) is 0. The predicted molar refractivity (Wildman–Crippen MR) is 44.6 cm³/mol. The normalized spacial score (nSPS) is 10.0. The summed E-state index contributed by atoms with van der Waals surface area (Å²) in [7, 11) is 0. The van der Waals surface area contributed by atoms with Gasteiger partial charge in [0.15, 0.2) is 0 Å². The van der Waals surface area contributed by atoms with Crippen LogP contribution in [-0.2, 0) is 0 Å². The van der Waals surface area contributed by atoms with Crippen molar-refractivity contribution in [3.8, 4) is 11.3 Å². The topological polar surface area (TPSA) is 61.5 Å². The maximum atomic E-state index is 10.7. The molecule has 0 saturated carbocycles. The molecule has 0 radical (unpaired) electrons. The molecule has 0 amide bonds. The van der Waals surface area contributed by atoms with Crippen LogP contribution in [0.1, 0.15) is 0 Å². The molecule has 60 valence electrons. The minimum Gasteiger partial charge on any atom is -0.328 e. The summed E-state index contributed by atoms with van der Waals surface area (Å²) < 4.78 is 0. The van der Waals surface area contributed by atoms with Crippen LogP contribution in [0.5, 0.6) is 0 Å². The molecule has 0 saturated heterocycles. The molecule has 0 aromatic carbocycles. The molecule has 4 heteroatoms. The monoisotopic (exact) mass is 161 g/mol. The van der Waals surface area contributed by atoms with Gasteiger partial charge in [0.05, 0.1) is 5.69 Å². The van der Waals surface area contributed by atoms with Crippen LogP contribution in [0.3, 0.4) is 0 Å². The Balaban J connectivity index is 2.49. The first kappa shape index (κ1) is 6.84. The Labute approximate surface area is 68.3 Å². The second kappa shape index (κ2) is 2.65. The van der Waals surface area contributed by atoms with Gasteiger partial charge in [-0.05, 0) is 12.1 Å². The number of H-pyrrole nitrogens is 2. The van der Waals surface area contributed by atoms with E-state index >= 15 is 0 Å². The third-order valence-corrected chi connectivity index (χ3v) is 1.58. The third kappa shape index (κ3) is 1.14. The van der Waals surface area contributed by atoms with Crippen molar-refractivity contribution in [3.63, 3.8) is 0 Å². The molecule has 0 aliphatic rings. The number of nitrogens with zero attached hydrogens (tertiary/aromatic N) is 1. The molecule has 0 unspecified atom stereocenters. The zero-order valence-corrected chi connectivity index (χ0v) is 6.24. The molecule has 2 heterocycles. The van der Waals surface area contributed by atoms with E-state index in [0.717, 1.165) is 11.3 Å². The average molecular weight is 161 g/mol. The lowest BCUT2D eigenvalue weighted by atomic mass is 10.2. The minimum absolute atomic E-state index is 0.103. The maximum Gasteiger partial charge on any atom is 0.247 e. The maximum absolute atomic E-state index is 10.7. The largest absolute Gasteiger partial charge is 0.328 e. The number of hydrogen-bond donors (Lipinski definition) is 2.